The van der Waals surface area contributed by atoms with E-state index in [1.807, 2.05) is 17.9 Å². The van der Waals surface area contributed by atoms with Crippen molar-refractivity contribution in [3.8, 4) is 0 Å². The highest BCUT2D eigenvalue weighted by molar-refractivity contribution is 5.85. The van der Waals surface area contributed by atoms with Gasteiger partial charge in [-0.25, -0.2) is 0 Å². The topological polar surface area (TPSA) is 59.2 Å². The molecule has 1 amide bonds. The van der Waals surface area contributed by atoms with E-state index in [1.54, 1.807) is 0 Å². The molecule has 1 saturated heterocycles. The van der Waals surface area contributed by atoms with E-state index >= 15 is 0 Å². The summed E-state index contributed by atoms with van der Waals surface area (Å²) < 4.78 is 5.26. The highest BCUT2D eigenvalue weighted by atomic mass is 16.5. The molecule has 2 atom stereocenters. The molecule has 2 aliphatic rings. The molecule has 5 nitrogen and oxygen atoms in total. The van der Waals surface area contributed by atoms with Crippen molar-refractivity contribution in [1.29, 1.82) is 0 Å². The fourth-order valence-electron chi connectivity index (χ4n) is 4.06. The summed E-state index contributed by atoms with van der Waals surface area (Å²) in [6, 6.07) is 8.35. The third-order valence-electron chi connectivity index (χ3n) is 5.29. The maximum absolute atomic E-state index is 13.3. The van der Waals surface area contributed by atoms with Crippen molar-refractivity contribution in [3.05, 3.63) is 47.1 Å². The molecule has 0 unspecified atom stereocenters. The number of aromatic nitrogens is 2. The van der Waals surface area contributed by atoms with E-state index in [9.17, 15) is 4.79 Å². The van der Waals surface area contributed by atoms with Gasteiger partial charge in [-0.1, -0.05) is 36.3 Å². The fourth-order valence-corrected chi connectivity index (χ4v) is 4.06. The minimum Gasteiger partial charge on any atom is -0.339 e. The molecule has 1 aliphatic heterocycles. The van der Waals surface area contributed by atoms with Gasteiger partial charge in [0.15, 0.2) is 5.82 Å². The molecule has 1 aromatic carbocycles. The highest BCUT2D eigenvalue weighted by Crippen LogP contribution is 2.38. The van der Waals surface area contributed by atoms with E-state index in [0.717, 1.165) is 45.1 Å². The molecule has 1 aromatic heterocycles. The molecule has 0 saturated carbocycles. The van der Waals surface area contributed by atoms with Crippen LogP contribution in [0.3, 0.4) is 0 Å². The normalized spacial score (nSPS) is 23.3. The molecule has 0 radical (unpaired) electrons. The first-order chi connectivity index (χ1) is 11.8. The Hall–Kier alpha value is -2.17. The van der Waals surface area contributed by atoms with E-state index in [2.05, 4.69) is 28.3 Å². The van der Waals surface area contributed by atoms with E-state index < -0.39 is 0 Å². The van der Waals surface area contributed by atoms with Crippen LogP contribution in [-0.4, -0.2) is 27.5 Å². The Morgan fingerprint density at radius 1 is 1.29 bits per heavy atom. The summed E-state index contributed by atoms with van der Waals surface area (Å²) >= 11 is 0. The lowest BCUT2D eigenvalue weighted by Gasteiger charge is -2.31. The standard InChI is InChI=1S/C19H23N3O2/c1-2-17-20-18(21-24-17)16-11-6-12-22(16)19(23)15-10-5-8-13-7-3-4-9-14(13)15/h3-4,7,9,15-16H,2,5-6,8,10-12H2,1H3/t15-,16+/m1/s1. The number of likely N-dealkylation sites (tertiary alicyclic amines) is 1. The molecule has 0 bridgehead atoms. The van der Waals surface area contributed by atoms with Crippen molar-refractivity contribution in [2.75, 3.05) is 6.54 Å². The maximum Gasteiger partial charge on any atom is 0.230 e. The number of hydrogen-bond donors (Lipinski definition) is 0. The number of amides is 1. The van der Waals surface area contributed by atoms with Crippen LogP contribution in [0.15, 0.2) is 28.8 Å². The van der Waals surface area contributed by atoms with E-state index in [0.29, 0.717) is 11.7 Å². The Bertz CT molecular complexity index is 740. The summed E-state index contributed by atoms with van der Waals surface area (Å²) in [5.41, 5.74) is 2.53. The summed E-state index contributed by atoms with van der Waals surface area (Å²) in [7, 11) is 0. The van der Waals surface area contributed by atoms with Gasteiger partial charge in [-0.15, -0.1) is 0 Å². The second kappa shape index (κ2) is 6.38. The molecule has 0 N–H and O–H groups in total. The SMILES string of the molecule is CCc1nc([C@@H]2CCCN2C(=O)[C@@H]2CCCc3ccccc32)no1. The lowest BCUT2D eigenvalue weighted by atomic mass is 9.82. The molecule has 2 aromatic rings. The average molecular weight is 325 g/mol. The van der Waals surface area contributed by atoms with Crippen molar-refractivity contribution < 1.29 is 9.32 Å². The van der Waals surface area contributed by atoms with E-state index in [1.165, 1.54) is 11.1 Å². The molecule has 4 rings (SSSR count). The van der Waals surface area contributed by atoms with Gasteiger partial charge in [0.1, 0.15) is 0 Å². The lowest BCUT2D eigenvalue weighted by molar-refractivity contribution is -0.134. The Kier molecular flexibility index (Phi) is 4.08. The van der Waals surface area contributed by atoms with Gasteiger partial charge in [-0.3, -0.25) is 4.79 Å². The van der Waals surface area contributed by atoms with Gasteiger partial charge in [-0.05, 0) is 43.2 Å². The third kappa shape index (κ3) is 2.62. The number of rotatable bonds is 3. The van der Waals surface area contributed by atoms with Gasteiger partial charge in [0, 0.05) is 13.0 Å². The Labute approximate surface area is 142 Å². The molecule has 2 heterocycles. The summed E-state index contributed by atoms with van der Waals surface area (Å²) in [5, 5.41) is 4.11. The molecule has 5 heteroatoms. The van der Waals surface area contributed by atoms with Crippen LogP contribution in [-0.2, 0) is 17.6 Å². The number of fused-ring (bicyclic) bond motifs is 1. The first kappa shape index (κ1) is 15.4. The maximum atomic E-state index is 13.3. The summed E-state index contributed by atoms with van der Waals surface area (Å²) in [4.78, 5) is 19.7. The Morgan fingerprint density at radius 2 is 2.17 bits per heavy atom. The van der Waals surface area contributed by atoms with Crippen LogP contribution in [0, 0.1) is 0 Å². The highest BCUT2D eigenvalue weighted by Gasteiger charge is 2.38. The Morgan fingerprint density at radius 3 is 3.00 bits per heavy atom. The smallest absolute Gasteiger partial charge is 0.230 e. The number of carbonyl (C=O) groups is 1. The van der Waals surface area contributed by atoms with Gasteiger partial charge < -0.3 is 9.42 Å². The number of nitrogens with zero attached hydrogens (tertiary/aromatic N) is 3. The van der Waals surface area contributed by atoms with Gasteiger partial charge in [-0.2, -0.15) is 4.98 Å². The zero-order valence-electron chi connectivity index (χ0n) is 14.1. The summed E-state index contributed by atoms with van der Waals surface area (Å²) in [5.74, 6) is 1.52. The first-order valence-corrected chi connectivity index (χ1v) is 8.98. The van der Waals surface area contributed by atoms with Gasteiger partial charge in [0.25, 0.3) is 0 Å². The molecular formula is C19H23N3O2. The largest absolute Gasteiger partial charge is 0.339 e. The first-order valence-electron chi connectivity index (χ1n) is 8.98. The zero-order valence-corrected chi connectivity index (χ0v) is 14.1. The van der Waals surface area contributed by atoms with Crippen molar-refractivity contribution in [2.24, 2.45) is 0 Å². The van der Waals surface area contributed by atoms with Crippen LogP contribution in [0.2, 0.25) is 0 Å². The molecule has 1 aliphatic carbocycles. The van der Waals surface area contributed by atoms with E-state index in [4.69, 9.17) is 4.52 Å². The summed E-state index contributed by atoms with van der Waals surface area (Å²) in [6.45, 7) is 2.78. The quantitative estimate of drug-likeness (QED) is 0.867. The minimum atomic E-state index is -0.0318. The average Bonchev–Trinajstić information content (AvgIpc) is 3.29. The van der Waals surface area contributed by atoms with Crippen molar-refractivity contribution in [3.63, 3.8) is 0 Å². The van der Waals surface area contributed by atoms with Gasteiger partial charge >= 0.3 is 0 Å². The van der Waals surface area contributed by atoms with Crippen LogP contribution in [0.1, 0.15) is 67.4 Å². The Balaban J connectivity index is 1.60. The fraction of sp³-hybridized carbons (Fsp3) is 0.526. The van der Waals surface area contributed by atoms with Crippen LogP contribution in [0.5, 0.6) is 0 Å². The van der Waals surface area contributed by atoms with Crippen molar-refractivity contribution >= 4 is 5.91 Å². The second-order valence-corrected chi connectivity index (χ2v) is 6.73. The van der Waals surface area contributed by atoms with Crippen molar-refractivity contribution in [1.82, 2.24) is 15.0 Å². The monoisotopic (exact) mass is 325 g/mol. The van der Waals surface area contributed by atoms with Crippen LogP contribution in [0.25, 0.3) is 0 Å². The van der Waals surface area contributed by atoms with Crippen LogP contribution >= 0.6 is 0 Å². The third-order valence-corrected chi connectivity index (χ3v) is 5.29. The van der Waals surface area contributed by atoms with Crippen molar-refractivity contribution in [2.45, 2.75) is 57.4 Å². The van der Waals surface area contributed by atoms with Gasteiger partial charge in [0.2, 0.25) is 11.8 Å². The van der Waals surface area contributed by atoms with Crippen LogP contribution in [0.4, 0.5) is 0 Å². The number of benzene rings is 1. The van der Waals surface area contributed by atoms with E-state index in [-0.39, 0.29) is 17.9 Å². The molecular weight excluding hydrogens is 302 g/mol. The molecule has 0 spiro atoms. The number of hydrogen-bond acceptors (Lipinski definition) is 4. The molecule has 24 heavy (non-hydrogen) atoms. The molecule has 126 valence electrons. The van der Waals surface area contributed by atoms with Gasteiger partial charge in [0.05, 0.1) is 12.0 Å². The minimum absolute atomic E-state index is 0.0203. The lowest BCUT2D eigenvalue weighted by Crippen LogP contribution is -2.36. The zero-order chi connectivity index (χ0) is 16.5. The predicted octanol–water partition coefficient (Wildman–Crippen LogP) is 3.42. The van der Waals surface area contributed by atoms with Crippen LogP contribution < -0.4 is 0 Å². The number of carbonyl (C=O) groups excluding carboxylic acids is 1. The predicted molar refractivity (Wildman–Crippen MR) is 89.5 cm³/mol. The second-order valence-electron chi connectivity index (χ2n) is 6.73. The summed E-state index contributed by atoms with van der Waals surface area (Å²) in [6.07, 6.45) is 5.74. The molecule has 1 fully saturated rings. The number of aryl methyl sites for hydroxylation is 2.